The SMILES string of the molecule is Cc1cc(C=Nc2ccc(C(C)(C)C)cc2)c(C)n1-c1ccc(Cl)cc1. The number of aliphatic imine (C=N–C) groups is 1. The Morgan fingerprint density at radius 2 is 1.54 bits per heavy atom. The minimum absolute atomic E-state index is 0.158. The molecule has 2 aromatic carbocycles. The van der Waals surface area contributed by atoms with Crippen LogP contribution in [0.3, 0.4) is 0 Å². The first-order valence-electron chi connectivity index (χ1n) is 8.85. The van der Waals surface area contributed by atoms with Gasteiger partial charge in [-0.1, -0.05) is 44.5 Å². The maximum absolute atomic E-state index is 6.01. The fourth-order valence-corrected chi connectivity index (χ4v) is 3.22. The third-order valence-corrected chi connectivity index (χ3v) is 4.89. The molecular weight excluding hydrogens is 340 g/mol. The smallest absolute Gasteiger partial charge is 0.0630 e. The van der Waals surface area contributed by atoms with Crippen molar-refractivity contribution in [1.29, 1.82) is 0 Å². The summed E-state index contributed by atoms with van der Waals surface area (Å²) in [5, 5.41) is 0.747. The number of rotatable bonds is 3. The number of aryl methyl sites for hydroxylation is 1. The normalized spacial score (nSPS) is 12.1. The monoisotopic (exact) mass is 364 g/mol. The second kappa shape index (κ2) is 7.13. The highest BCUT2D eigenvalue weighted by molar-refractivity contribution is 6.30. The van der Waals surface area contributed by atoms with Gasteiger partial charge in [0.1, 0.15) is 0 Å². The molecule has 26 heavy (non-hydrogen) atoms. The maximum atomic E-state index is 6.01. The molecule has 0 spiro atoms. The zero-order valence-electron chi connectivity index (χ0n) is 16.0. The molecule has 2 nitrogen and oxygen atoms in total. The number of nitrogens with zero attached hydrogens (tertiary/aromatic N) is 2. The van der Waals surface area contributed by atoms with Gasteiger partial charge in [-0.25, -0.2) is 0 Å². The minimum Gasteiger partial charge on any atom is -0.318 e. The van der Waals surface area contributed by atoms with E-state index >= 15 is 0 Å². The summed E-state index contributed by atoms with van der Waals surface area (Å²) in [4.78, 5) is 4.66. The lowest BCUT2D eigenvalue weighted by Crippen LogP contribution is -2.10. The van der Waals surface area contributed by atoms with E-state index < -0.39 is 0 Å². The molecule has 0 saturated heterocycles. The van der Waals surface area contributed by atoms with Crippen molar-refractivity contribution in [1.82, 2.24) is 4.57 Å². The van der Waals surface area contributed by atoms with Crippen molar-refractivity contribution in [3.05, 3.63) is 82.1 Å². The van der Waals surface area contributed by atoms with E-state index in [1.54, 1.807) is 0 Å². The molecule has 0 unspecified atom stereocenters. The van der Waals surface area contributed by atoms with Gasteiger partial charge in [0.15, 0.2) is 0 Å². The van der Waals surface area contributed by atoms with Gasteiger partial charge in [0.25, 0.3) is 0 Å². The molecule has 0 radical (unpaired) electrons. The molecule has 1 aromatic heterocycles. The number of hydrogen-bond acceptors (Lipinski definition) is 1. The Kier molecular flexibility index (Phi) is 5.06. The minimum atomic E-state index is 0.158. The lowest BCUT2D eigenvalue weighted by atomic mass is 9.87. The van der Waals surface area contributed by atoms with Gasteiger partial charge < -0.3 is 4.57 Å². The Labute approximate surface area is 161 Å². The van der Waals surface area contributed by atoms with Crippen LogP contribution in [-0.4, -0.2) is 10.8 Å². The zero-order valence-corrected chi connectivity index (χ0v) is 16.8. The molecular formula is C23H25ClN2. The van der Waals surface area contributed by atoms with Gasteiger partial charge in [-0.15, -0.1) is 0 Å². The van der Waals surface area contributed by atoms with E-state index in [4.69, 9.17) is 11.6 Å². The van der Waals surface area contributed by atoms with Gasteiger partial charge in [-0.3, -0.25) is 4.99 Å². The standard InChI is InChI=1S/C23H25ClN2/c1-16-14-18(17(2)26(16)22-12-8-20(24)9-13-22)15-25-21-10-6-19(7-11-21)23(3,4)5/h6-15H,1-5H3. The van der Waals surface area contributed by atoms with Crippen molar-refractivity contribution >= 4 is 23.5 Å². The summed E-state index contributed by atoms with van der Waals surface area (Å²) < 4.78 is 2.22. The van der Waals surface area contributed by atoms with Crippen LogP contribution in [0.1, 0.15) is 43.3 Å². The molecule has 134 valence electrons. The predicted molar refractivity (Wildman–Crippen MR) is 113 cm³/mol. The maximum Gasteiger partial charge on any atom is 0.0630 e. The van der Waals surface area contributed by atoms with E-state index in [1.165, 1.54) is 17.0 Å². The van der Waals surface area contributed by atoms with E-state index in [9.17, 15) is 0 Å². The number of halogens is 1. The van der Waals surface area contributed by atoms with Gasteiger partial charge >= 0.3 is 0 Å². The van der Waals surface area contributed by atoms with Crippen LogP contribution in [0, 0.1) is 13.8 Å². The van der Waals surface area contributed by atoms with Crippen molar-refractivity contribution < 1.29 is 0 Å². The third-order valence-electron chi connectivity index (χ3n) is 4.64. The summed E-state index contributed by atoms with van der Waals surface area (Å²) in [6.07, 6.45) is 1.95. The molecule has 1 heterocycles. The van der Waals surface area contributed by atoms with Crippen molar-refractivity contribution in [3.63, 3.8) is 0 Å². The van der Waals surface area contributed by atoms with Crippen LogP contribution in [-0.2, 0) is 5.41 Å². The molecule has 0 aliphatic rings. The van der Waals surface area contributed by atoms with E-state index in [2.05, 4.69) is 74.5 Å². The molecule has 0 aliphatic heterocycles. The predicted octanol–water partition coefficient (Wildman–Crippen LogP) is 6.80. The Morgan fingerprint density at radius 3 is 2.12 bits per heavy atom. The van der Waals surface area contributed by atoms with Crippen molar-refractivity contribution in [3.8, 4) is 5.69 Å². The lowest BCUT2D eigenvalue weighted by molar-refractivity contribution is 0.590. The highest BCUT2D eigenvalue weighted by Crippen LogP contribution is 2.25. The van der Waals surface area contributed by atoms with Gasteiger partial charge in [0.05, 0.1) is 5.69 Å². The quantitative estimate of drug-likeness (QED) is 0.455. The van der Waals surface area contributed by atoms with Crippen LogP contribution in [0.25, 0.3) is 5.69 Å². The van der Waals surface area contributed by atoms with Crippen LogP contribution < -0.4 is 0 Å². The number of hydrogen-bond donors (Lipinski definition) is 0. The first-order chi connectivity index (χ1) is 12.3. The van der Waals surface area contributed by atoms with Crippen LogP contribution in [0.5, 0.6) is 0 Å². The summed E-state index contributed by atoms with van der Waals surface area (Å²) in [5.41, 5.74) is 7.02. The molecule has 0 N–H and O–H groups in total. The molecule has 0 atom stereocenters. The van der Waals surface area contributed by atoms with Crippen LogP contribution >= 0.6 is 11.6 Å². The van der Waals surface area contributed by atoms with Crippen LogP contribution in [0.2, 0.25) is 5.02 Å². The Bertz CT molecular complexity index is 924. The highest BCUT2D eigenvalue weighted by atomic mass is 35.5. The summed E-state index contributed by atoms with van der Waals surface area (Å²) in [7, 11) is 0. The molecule has 3 aromatic rings. The van der Waals surface area contributed by atoms with Gasteiger partial charge in [0.2, 0.25) is 0 Å². The van der Waals surface area contributed by atoms with Gasteiger partial charge in [-0.2, -0.15) is 0 Å². The summed E-state index contributed by atoms with van der Waals surface area (Å²) in [6, 6.07) is 18.5. The van der Waals surface area contributed by atoms with Gasteiger partial charge in [-0.05, 0) is 67.3 Å². The topological polar surface area (TPSA) is 17.3 Å². The Balaban J connectivity index is 1.88. The van der Waals surface area contributed by atoms with E-state index in [1.807, 2.05) is 30.5 Å². The lowest BCUT2D eigenvalue weighted by Gasteiger charge is -2.18. The first-order valence-corrected chi connectivity index (χ1v) is 9.23. The Hall–Kier alpha value is -2.32. The van der Waals surface area contributed by atoms with E-state index in [0.717, 1.165) is 22.0 Å². The molecule has 3 rings (SSSR count). The number of aromatic nitrogens is 1. The zero-order chi connectivity index (χ0) is 18.9. The second-order valence-electron chi connectivity index (χ2n) is 7.69. The summed E-state index contributed by atoms with van der Waals surface area (Å²) >= 11 is 6.01. The van der Waals surface area contributed by atoms with Crippen LogP contribution in [0.4, 0.5) is 5.69 Å². The van der Waals surface area contributed by atoms with Crippen molar-refractivity contribution in [2.75, 3.05) is 0 Å². The van der Waals surface area contributed by atoms with Crippen molar-refractivity contribution in [2.45, 2.75) is 40.0 Å². The average molecular weight is 365 g/mol. The number of benzene rings is 2. The molecule has 0 amide bonds. The second-order valence-corrected chi connectivity index (χ2v) is 8.13. The van der Waals surface area contributed by atoms with E-state index in [0.29, 0.717) is 0 Å². The fraction of sp³-hybridized carbons (Fsp3) is 0.261. The average Bonchev–Trinajstić information content (AvgIpc) is 2.87. The fourth-order valence-electron chi connectivity index (χ4n) is 3.10. The molecule has 0 fully saturated rings. The summed E-state index contributed by atoms with van der Waals surface area (Å²) in [5.74, 6) is 0. The molecule has 3 heteroatoms. The molecule has 0 bridgehead atoms. The highest BCUT2D eigenvalue weighted by Gasteiger charge is 2.13. The van der Waals surface area contributed by atoms with E-state index in [-0.39, 0.29) is 5.41 Å². The Morgan fingerprint density at radius 1 is 0.923 bits per heavy atom. The largest absolute Gasteiger partial charge is 0.318 e. The summed E-state index contributed by atoms with van der Waals surface area (Å²) in [6.45, 7) is 10.9. The van der Waals surface area contributed by atoms with Gasteiger partial charge in [0, 0.05) is 33.9 Å². The van der Waals surface area contributed by atoms with Crippen LogP contribution in [0.15, 0.2) is 59.6 Å². The molecule has 0 aliphatic carbocycles. The van der Waals surface area contributed by atoms with Crippen molar-refractivity contribution in [2.24, 2.45) is 4.99 Å². The molecule has 0 saturated carbocycles. The first kappa shape index (κ1) is 18.5. The third kappa shape index (κ3) is 3.91.